The van der Waals surface area contributed by atoms with Gasteiger partial charge in [-0.05, 0) is 92.2 Å². The second kappa shape index (κ2) is 13.5. The van der Waals surface area contributed by atoms with Crippen LogP contribution in [0.25, 0.3) is 60.2 Å². The zero-order valence-corrected chi connectivity index (χ0v) is 30.3. The topological polar surface area (TPSA) is 37.9 Å². The van der Waals surface area contributed by atoms with Crippen molar-refractivity contribution in [1.29, 1.82) is 0 Å². The molecular formula is C50H34N2OS. The van der Waals surface area contributed by atoms with Gasteiger partial charge in [-0.2, -0.15) is 0 Å². The van der Waals surface area contributed by atoms with E-state index in [0.717, 1.165) is 71.7 Å². The molecule has 4 heteroatoms. The monoisotopic (exact) mass is 710 g/mol. The SMILES string of the molecule is C=C1Sc2ccccc2CN=C(c2ccc(-c3cc(C4=CC=CC=CC4)c4c(c3)oc3cc5ccccc5cc34)cc2)N=C1c1ccc2ccccc2c1. The van der Waals surface area contributed by atoms with E-state index in [1.54, 1.807) is 11.8 Å². The molecule has 7 aromatic carbocycles. The number of amidine groups is 1. The molecule has 0 amide bonds. The third kappa shape index (κ3) is 5.91. The highest BCUT2D eigenvalue weighted by atomic mass is 32.2. The summed E-state index contributed by atoms with van der Waals surface area (Å²) in [5, 5.41) is 7.03. The summed E-state index contributed by atoms with van der Waals surface area (Å²) in [6.07, 6.45) is 11.6. The molecular weight excluding hydrogens is 677 g/mol. The summed E-state index contributed by atoms with van der Waals surface area (Å²) < 4.78 is 6.65. The van der Waals surface area contributed by atoms with Crippen molar-refractivity contribution in [3.63, 3.8) is 0 Å². The van der Waals surface area contributed by atoms with Crippen molar-refractivity contribution in [2.24, 2.45) is 9.98 Å². The number of furan rings is 1. The summed E-state index contributed by atoms with van der Waals surface area (Å²) >= 11 is 1.66. The molecule has 54 heavy (non-hydrogen) atoms. The summed E-state index contributed by atoms with van der Waals surface area (Å²) in [5.74, 6) is 0.686. The van der Waals surface area contributed by atoms with Gasteiger partial charge in [0.15, 0.2) is 5.84 Å². The Labute approximate surface area is 318 Å². The van der Waals surface area contributed by atoms with Crippen LogP contribution in [-0.4, -0.2) is 11.5 Å². The molecule has 3 nitrogen and oxygen atoms in total. The van der Waals surface area contributed by atoms with Crippen LogP contribution < -0.4 is 0 Å². The molecule has 1 aliphatic heterocycles. The highest BCUT2D eigenvalue weighted by Gasteiger charge is 2.19. The average Bonchev–Trinajstić information content (AvgIpc) is 3.38. The molecule has 1 aliphatic carbocycles. The summed E-state index contributed by atoms with van der Waals surface area (Å²) in [6.45, 7) is 5.07. The zero-order chi connectivity index (χ0) is 36.0. The van der Waals surface area contributed by atoms with Crippen LogP contribution in [0.5, 0.6) is 0 Å². The molecule has 1 aromatic heterocycles. The number of fused-ring (bicyclic) bond motifs is 6. The van der Waals surface area contributed by atoms with Crippen molar-refractivity contribution in [2.45, 2.75) is 17.9 Å². The van der Waals surface area contributed by atoms with Crippen LogP contribution in [0.4, 0.5) is 0 Å². The third-order valence-electron chi connectivity index (χ3n) is 10.4. The zero-order valence-electron chi connectivity index (χ0n) is 29.5. The second-order valence-electron chi connectivity index (χ2n) is 13.8. The standard InChI is InChI=1S/C50H34N2OS/c1-32-49(40-25-22-33-12-6-7-15-37(33)26-40)52-50(51-31-41-18-10-11-19-47(41)54-32)36-23-20-34(21-24-36)42-28-43(35-13-4-2-3-5-14-35)48-44-27-38-16-8-9-17-39(38)29-45(44)53-46(48)30-42/h2-13,15-30H,1,14,31H2. The van der Waals surface area contributed by atoms with Gasteiger partial charge >= 0.3 is 0 Å². The molecule has 0 radical (unpaired) electrons. The summed E-state index contributed by atoms with van der Waals surface area (Å²) in [6, 6.07) is 49.4. The summed E-state index contributed by atoms with van der Waals surface area (Å²) in [7, 11) is 0. The lowest BCUT2D eigenvalue weighted by Gasteiger charge is -2.13. The number of nitrogens with zero attached hydrogens (tertiary/aromatic N) is 2. The van der Waals surface area contributed by atoms with Crippen LogP contribution >= 0.6 is 11.8 Å². The Morgan fingerprint density at radius 3 is 2.17 bits per heavy atom. The van der Waals surface area contributed by atoms with Gasteiger partial charge in [0, 0.05) is 31.7 Å². The Morgan fingerprint density at radius 2 is 1.31 bits per heavy atom. The highest BCUT2D eigenvalue weighted by molar-refractivity contribution is 8.04. The number of benzene rings is 7. The number of thioether (sulfide) groups is 1. The van der Waals surface area contributed by atoms with E-state index in [1.807, 2.05) is 0 Å². The number of allylic oxidation sites excluding steroid dienone is 7. The largest absolute Gasteiger partial charge is 0.456 e. The van der Waals surface area contributed by atoms with Gasteiger partial charge in [0.25, 0.3) is 0 Å². The van der Waals surface area contributed by atoms with E-state index in [-0.39, 0.29) is 0 Å². The van der Waals surface area contributed by atoms with E-state index < -0.39 is 0 Å². The Hall–Kier alpha value is -6.49. The number of rotatable bonds is 4. The second-order valence-corrected chi connectivity index (χ2v) is 14.9. The van der Waals surface area contributed by atoms with Crippen LogP contribution in [0, 0.1) is 0 Å². The molecule has 0 N–H and O–H groups in total. The molecule has 0 saturated heterocycles. The van der Waals surface area contributed by atoms with E-state index in [1.165, 1.54) is 32.7 Å². The maximum absolute atomic E-state index is 6.65. The predicted molar refractivity (Wildman–Crippen MR) is 230 cm³/mol. The van der Waals surface area contributed by atoms with Crippen molar-refractivity contribution in [3.05, 3.63) is 204 Å². The van der Waals surface area contributed by atoms with Gasteiger partial charge in [0.1, 0.15) is 11.2 Å². The fourth-order valence-electron chi connectivity index (χ4n) is 7.60. The van der Waals surface area contributed by atoms with Crippen molar-refractivity contribution in [3.8, 4) is 11.1 Å². The Morgan fingerprint density at radius 1 is 0.593 bits per heavy atom. The van der Waals surface area contributed by atoms with Crippen molar-refractivity contribution in [2.75, 3.05) is 0 Å². The Bertz CT molecular complexity index is 2970. The number of aliphatic imine (C=N–C) groups is 2. The first-order valence-electron chi connectivity index (χ1n) is 18.2. The highest BCUT2D eigenvalue weighted by Crippen LogP contribution is 2.41. The predicted octanol–water partition coefficient (Wildman–Crippen LogP) is 13.5. The first kappa shape index (κ1) is 32.2. The third-order valence-corrected chi connectivity index (χ3v) is 11.4. The maximum Gasteiger partial charge on any atom is 0.155 e. The van der Waals surface area contributed by atoms with E-state index in [2.05, 4.69) is 176 Å². The number of hydrogen-bond acceptors (Lipinski definition) is 4. The molecule has 0 saturated carbocycles. The minimum absolute atomic E-state index is 0.529. The van der Waals surface area contributed by atoms with Crippen molar-refractivity contribution < 1.29 is 4.42 Å². The lowest BCUT2D eigenvalue weighted by atomic mass is 9.92. The van der Waals surface area contributed by atoms with Crippen molar-refractivity contribution >= 4 is 72.4 Å². The molecule has 256 valence electrons. The number of hydrogen-bond donors (Lipinski definition) is 0. The molecule has 2 heterocycles. The van der Waals surface area contributed by atoms with E-state index in [4.69, 9.17) is 14.4 Å². The van der Waals surface area contributed by atoms with Crippen LogP contribution in [0.2, 0.25) is 0 Å². The van der Waals surface area contributed by atoms with Gasteiger partial charge in [-0.1, -0.05) is 152 Å². The van der Waals surface area contributed by atoms with Crippen LogP contribution in [0.3, 0.4) is 0 Å². The lowest BCUT2D eigenvalue weighted by molar-refractivity contribution is 0.669. The van der Waals surface area contributed by atoms with Gasteiger partial charge < -0.3 is 4.42 Å². The normalized spacial score (nSPS) is 14.7. The molecule has 10 rings (SSSR count). The molecule has 8 aromatic rings. The minimum atomic E-state index is 0.529. The lowest BCUT2D eigenvalue weighted by Crippen LogP contribution is -2.08. The van der Waals surface area contributed by atoms with Gasteiger partial charge in [-0.3, -0.25) is 4.99 Å². The van der Waals surface area contributed by atoms with Crippen LogP contribution in [0.1, 0.15) is 28.7 Å². The van der Waals surface area contributed by atoms with Crippen LogP contribution in [-0.2, 0) is 6.54 Å². The molecule has 0 atom stereocenters. The van der Waals surface area contributed by atoms with Gasteiger partial charge in [0.2, 0.25) is 0 Å². The summed E-state index contributed by atoms with van der Waals surface area (Å²) in [5.41, 5.74) is 10.4. The summed E-state index contributed by atoms with van der Waals surface area (Å²) in [4.78, 5) is 12.5. The van der Waals surface area contributed by atoms with Gasteiger partial charge in [-0.15, -0.1) is 0 Å². The molecule has 0 spiro atoms. The van der Waals surface area contributed by atoms with E-state index in [0.29, 0.717) is 12.4 Å². The first-order chi connectivity index (χ1) is 26.6. The fourth-order valence-corrected chi connectivity index (χ4v) is 8.53. The van der Waals surface area contributed by atoms with Gasteiger partial charge in [0.05, 0.1) is 12.3 Å². The smallest absolute Gasteiger partial charge is 0.155 e. The Kier molecular flexibility index (Phi) is 8.04. The minimum Gasteiger partial charge on any atom is -0.456 e. The Balaban J connectivity index is 1.09. The maximum atomic E-state index is 6.65. The fraction of sp³-hybridized carbons (Fsp3) is 0.0400. The molecule has 0 bridgehead atoms. The van der Waals surface area contributed by atoms with Crippen molar-refractivity contribution in [1.82, 2.24) is 0 Å². The van der Waals surface area contributed by atoms with Crippen LogP contribution in [0.15, 0.2) is 201 Å². The van der Waals surface area contributed by atoms with Gasteiger partial charge in [-0.25, -0.2) is 4.99 Å². The van der Waals surface area contributed by atoms with E-state index in [9.17, 15) is 0 Å². The molecule has 2 aliphatic rings. The molecule has 0 fully saturated rings. The average molecular weight is 711 g/mol. The molecule has 0 unspecified atom stereocenters. The first-order valence-corrected chi connectivity index (χ1v) is 19.1. The van der Waals surface area contributed by atoms with E-state index >= 15 is 0 Å². The quantitative estimate of drug-likeness (QED) is 0.182.